The summed E-state index contributed by atoms with van der Waals surface area (Å²) < 4.78 is 1.97. The zero-order chi connectivity index (χ0) is 9.19. The molecule has 1 aromatic rings. The van der Waals surface area contributed by atoms with Gasteiger partial charge in [-0.25, -0.2) is 4.98 Å². The second kappa shape index (κ2) is 3.27. The molecule has 3 nitrogen and oxygen atoms in total. The molecule has 2 N–H and O–H groups in total. The molecule has 0 aliphatic heterocycles. The maximum atomic E-state index is 5.52. The summed E-state index contributed by atoms with van der Waals surface area (Å²) in [6.07, 6.45) is 4.85. The Labute approximate surface area is 73.6 Å². The Bertz CT molecular complexity index is 250. The molecule has 12 heavy (non-hydrogen) atoms. The first-order chi connectivity index (χ1) is 5.56. The van der Waals surface area contributed by atoms with Gasteiger partial charge in [-0.15, -0.1) is 0 Å². The zero-order valence-corrected chi connectivity index (χ0v) is 8.04. The van der Waals surface area contributed by atoms with Crippen molar-refractivity contribution in [2.75, 3.05) is 6.54 Å². The van der Waals surface area contributed by atoms with Crippen LogP contribution < -0.4 is 5.73 Å². The van der Waals surface area contributed by atoms with Crippen LogP contribution >= 0.6 is 0 Å². The zero-order valence-electron chi connectivity index (χ0n) is 8.04. The number of nitrogens with two attached hydrogens (primary N) is 1. The lowest BCUT2D eigenvalue weighted by Crippen LogP contribution is -2.22. The molecule has 0 aromatic carbocycles. The average molecular weight is 167 g/mol. The SMILES string of the molecule is Cn1cnc(C(C)(C)CCN)c1. The molecule has 0 fully saturated rings. The summed E-state index contributed by atoms with van der Waals surface area (Å²) in [5.74, 6) is 0. The average Bonchev–Trinajstić information content (AvgIpc) is 2.36. The van der Waals surface area contributed by atoms with Gasteiger partial charge in [-0.3, -0.25) is 0 Å². The van der Waals surface area contributed by atoms with Crippen LogP contribution in [0.15, 0.2) is 12.5 Å². The van der Waals surface area contributed by atoms with Crippen LogP contribution in [0.5, 0.6) is 0 Å². The standard InChI is InChI=1S/C9H17N3/c1-9(2,4-5-10)8-6-12(3)7-11-8/h6-7H,4-5,10H2,1-3H3. The van der Waals surface area contributed by atoms with E-state index in [0.29, 0.717) is 6.54 Å². The number of aryl methyl sites for hydroxylation is 1. The van der Waals surface area contributed by atoms with Gasteiger partial charge in [-0.2, -0.15) is 0 Å². The van der Waals surface area contributed by atoms with Crippen LogP contribution in [0.4, 0.5) is 0 Å². The van der Waals surface area contributed by atoms with E-state index in [0.717, 1.165) is 12.1 Å². The highest BCUT2D eigenvalue weighted by molar-refractivity contribution is 5.10. The molecule has 1 heterocycles. The van der Waals surface area contributed by atoms with E-state index in [-0.39, 0.29) is 5.41 Å². The number of nitrogens with zero attached hydrogens (tertiary/aromatic N) is 2. The Balaban J connectivity index is 2.81. The summed E-state index contributed by atoms with van der Waals surface area (Å²) in [6, 6.07) is 0. The van der Waals surface area contributed by atoms with Gasteiger partial charge < -0.3 is 10.3 Å². The van der Waals surface area contributed by atoms with E-state index in [1.165, 1.54) is 0 Å². The maximum absolute atomic E-state index is 5.52. The van der Waals surface area contributed by atoms with Gasteiger partial charge in [-0.1, -0.05) is 13.8 Å². The molecule has 0 spiro atoms. The summed E-state index contributed by atoms with van der Waals surface area (Å²) in [5, 5.41) is 0. The molecule has 1 rings (SSSR count). The molecule has 0 aliphatic rings. The maximum Gasteiger partial charge on any atom is 0.0947 e. The van der Waals surface area contributed by atoms with Gasteiger partial charge >= 0.3 is 0 Å². The van der Waals surface area contributed by atoms with Crippen LogP contribution in [0.1, 0.15) is 26.0 Å². The van der Waals surface area contributed by atoms with Crippen molar-refractivity contribution in [1.29, 1.82) is 0 Å². The Morgan fingerprint density at radius 1 is 1.58 bits per heavy atom. The molecule has 0 aliphatic carbocycles. The van der Waals surface area contributed by atoms with E-state index in [1.807, 2.05) is 17.9 Å². The number of rotatable bonds is 3. The van der Waals surface area contributed by atoms with E-state index in [1.54, 1.807) is 0 Å². The van der Waals surface area contributed by atoms with Crippen molar-refractivity contribution in [3.05, 3.63) is 18.2 Å². The minimum absolute atomic E-state index is 0.107. The molecule has 0 saturated carbocycles. The lowest BCUT2D eigenvalue weighted by molar-refractivity contribution is 0.475. The summed E-state index contributed by atoms with van der Waals surface area (Å²) in [5.41, 5.74) is 6.75. The number of aromatic nitrogens is 2. The Morgan fingerprint density at radius 3 is 2.67 bits per heavy atom. The first-order valence-corrected chi connectivity index (χ1v) is 4.25. The van der Waals surface area contributed by atoms with Gasteiger partial charge in [0.2, 0.25) is 0 Å². The second-order valence-electron chi connectivity index (χ2n) is 3.85. The van der Waals surface area contributed by atoms with Crippen molar-refractivity contribution in [1.82, 2.24) is 9.55 Å². The predicted molar refractivity (Wildman–Crippen MR) is 49.9 cm³/mol. The van der Waals surface area contributed by atoms with E-state index in [2.05, 4.69) is 25.0 Å². The van der Waals surface area contributed by atoms with Gasteiger partial charge in [0.15, 0.2) is 0 Å². The third-order valence-electron chi connectivity index (χ3n) is 2.17. The molecule has 0 saturated heterocycles. The molecule has 0 atom stereocenters. The quantitative estimate of drug-likeness (QED) is 0.731. The van der Waals surface area contributed by atoms with Crippen LogP contribution in [0, 0.1) is 0 Å². The van der Waals surface area contributed by atoms with Crippen LogP contribution in [0.3, 0.4) is 0 Å². The lowest BCUT2D eigenvalue weighted by atomic mass is 9.86. The number of hydrogen-bond acceptors (Lipinski definition) is 2. The van der Waals surface area contributed by atoms with Crippen molar-refractivity contribution in [2.45, 2.75) is 25.7 Å². The normalized spacial score (nSPS) is 12.0. The minimum Gasteiger partial charge on any atom is -0.340 e. The first kappa shape index (κ1) is 9.26. The fourth-order valence-electron chi connectivity index (χ4n) is 1.25. The van der Waals surface area contributed by atoms with Crippen molar-refractivity contribution in [3.8, 4) is 0 Å². The first-order valence-electron chi connectivity index (χ1n) is 4.25. The van der Waals surface area contributed by atoms with Crippen LogP contribution in [-0.4, -0.2) is 16.1 Å². The second-order valence-corrected chi connectivity index (χ2v) is 3.85. The summed E-state index contributed by atoms with van der Waals surface area (Å²) >= 11 is 0. The molecule has 0 bridgehead atoms. The highest BCUT2D eigenvalue weighted by Crippen LogP contribution is 2.23. The molecular weight excluding hydrogens is 150 g/mol. The van der Waals surface area contributed by atoms with Crippen LogP contribution in [-0.2, 0) is 12.5 Å². The molecular formula is C9H17N3. The topological polar surface area (TPSA) is 43.8 Å². The van der Waals surface area contributed by atoms with Crippen molar-refractivity contribution >= 4 is 0 Å². The molecule has 0 unspecified atom stereocenters. The molecule has 0 radical (unpaired) electrons. The van der Waals surface area contributed by atoms with Crippen LogP contribution in [0.25, 0.3) is 0 Å². The fraction of sp³-hybridized carbons (Fsp3) is 0.667. The van der Waals surface area contributed by atoms with Gasteiger partial charge in [0.1, 0.15) is 0 Å². The Kier molecular flexibility index (Phi) is 2.52. The minimum atomic E-state index is 0.107. The van der Waals surface area contributed by atoms with E-state index in [4.69, 9.17) is 5.73 Å². The predicted octanol–water partition coefficient (Wildman–Crippen LogP) is 1.05. The van der Waals surface area contributed by atoms with Gasteiger partial charge in [0, 0.05) is 18.7 Å². The molecule has 3 heteroatoms. The van der Waals surface area contributed by atoms with Crippen molar-refractivity contribution in [2.24, 2.45) is 12.8 Å². The van der Waals surface area contributed by atoms with E-state index < -0.39 is 0 Å². The monoisotopic (exact) mass is 167 g/mol. The lowest BCUT2D eigenvalue weighted by Gasteiger charge is -2.20. The summed E-state index contributed by atoms with van der Waals surface area (Å²) in [7, 11) is 1.98. The Morgan fingerprint density at radius 2 is 2.25 bits per heavy atom. The third kappa shape index (κ3) is 1.85. The van der Waals surface area contributed by atoms with E-state index >= 15 is 0 Å². The van der Waals surface area contributed by atoms with Gasteiger partial charge in [0.25, 0.3) is 0 Å². The number of imidazole rings is 1. The fourth-order valence-corrected chi connectivity index (χ4v) is 1.25. The molecule has 68 valence electrons. The van der Waals surface area contributed by atoms with E-state index in [9.17, 15) is 0 Å². The van der Waals surface area contributed by atoms with Crippen molar-refractivity contribution in [3.63, 3.8) is 0 Å². The van der Waals surface area contributed by atoms with Crippen LogP contribution in [0.2, 0.25) is 0 Å². The smallest absolute Gasteiger partial charge is 0.0947 e. The highest BCUT2D eigenvalue weighted by atomic mass is 15.0. The van der Waals surface area contributed by atoms with Crippen molar-refractivity contribution < 1.29 is 0 Å². The summed E-state index contributed by atoms with van der Waals surface area (Å²) in [4.78, 5) is 4.31. The molecule has 1 aromatic heterocycles. The third-order valence-corrected chi connectivity index (χ3v) is 2.17. The van der Waals surface area contributed by atoms with Gasteiger partial charge in [-0.05, 0) is 13.0 Å². The summed E-state index contributed by atoms with van der Waals surface area (Å²) in [6.45, 7) is 5.05. The number of hydrogen-bond donors (Lipinski definition) is 1. The molecule has 0 amide bonds. The van der Waals surface area contributed by atoms with Gasteiger partial charge in [0.05, 0.1) is 12.0 Å². The highest BCUT2D eigenvalue weighted by Gasteiger charge is 2.21. The largest absolute Gasteiger partial charge is 0.340 e. The Hall–Kier alpha value is -0.830.